The molecule has 0 radical (unpaired) electrons. The second kappa shape index (κ2) is 7.33. The molecule has 0 amide bonds. The first kappa shape index (κ1) is 17.4. The highest BCUT2D eigenvalue weighted by atomic mass is 32.1. The standard InChI is InChI=1S/C17H11F2N5OS2/c18-12-2-1-3-13(19)16(12)24-15(21-22-17(24)26)8-25-11-6-4-10(5-7-11)14-9-27-23-20-14/h1-7,9H,8H2,(H,22,26). The van der Waals surface area contributed by atoms with E-state index in [1.165, 1.54) is 22.2 Å². The fourth-order valence-electron chi connectivity index (χ4n) is 2.52. The fraction of sp³-hybridized carbons (Fsp3) is 0.0588. The maximum atomic E-state index is 14.1. The van der Waals surface area contributed by atoms with Crippen LogP contribution in [0.2, 0.25) is 0 Å². The molecule has 0 bridgehead atoms. The molecule has 0 fully saturated rings. The van der Waals surface area contributed by atoms with Crippen LogP contribution < -0.4 is 4.74 Å². The van der Waals surface area contributed by atoms with Gasteiger partial charge in [0.05, 0.1) is 0 Å². The second-order valence-electron chi connectivity index (χ2n) is 5.45. The largest absolute Gasteiger partial charge is 0.486 e. The average Bonchev–Trinajstić information content (AvgIpc) is 3.32. The lowest BCUT2D eigenvalue weighted by Crippen LogP contribution is -2.09. The SMILES string of the molecule is Fc1cccc(F)c1-n1c(COc2ccc(-c3csnn3)cc2)n[nH]c1=S. The molecule has 1 N–H and O–H groups in total. The number of para-hydroxylation sites is 1. The number of ether oxygens (including phenoxy) is 1. The average molecular weight is 403 g/mol. The first-order chi connectivity index (χ1) is 13.1. The summed E-state index contributed by atoms with van der Waals surface area (Å²) in [7, 11) is 0. The Hall–Kier alpha value is -2.98. The van der Waals surface area contributed by atoms with Crippen molar-refractivity contribution in [2.24, 2.45) is 0 Å². The number of halogens is 2. The van der Waals surface area contributed by atoms with E-state index >= 15 is 0 Å². The first-order valence-electron chi connectivity index (χ1n) is 7.74. The van der Waals surface area contributed by atoms with Crippen molar-refractivity contribution >= 4 is 23.8 Å². The van der Waals surface area contributed by atoms with Gasteiger partial charge in [0.2, 0.25) is 0 Å². The number of aromatic amines is 1. The van der Waals surface area contributed by atoms with Crippen molar-refractivity contribution in [1.29, 1.82) is 0 Å². The van der Waals surface area contributed by atoms with Gasteiger partial charge in [-0.25, -0.2) is 8.78 Å². The fourth-order valence-corrected chi connectivity index (χ4v) is 3.23. The van der Waals surface area contributed by atoms with Gasteiger partial charge in [0.25, 0.3) is 0 Å². The number of nitrogens with one attached hydrogen (secondary N) is 1. The van der Waals surface area contributed by atoms with Crippen molar-refractivity contribution in [2.75, 3.05) is 0 Å². The van der Waals surface area contributed by atoms with Gasteiger partial charge in [-0.05, 0) is 60.1 Å². The van der Waals surface area contributed by atoms with E-state index in [1.54, 1.807) is 12.1 Å². The smallest absolute Gasteiger partial charge is 0.200 e. The first-order valence-corrected chi connectivity index (χ1v) is 8.99. The van der Waals surface area contributed by atoms with Crippen LogP contribution in [0, 0.1) is 16.4 Å². The highest BCUT2D eigenvalue weighted by Gasteiger charge is 2.17. The molecule has 0 unspecified atom stereocenters. The van der Waals surface area contributed by atoms with Crippen LogP contribution in [0.5, 0.6) is 5.75 Å². The summed E-state index contributed by atoms with van der Waals surface area (Å²) in [5, 5.41) is 12.4. The summed E-state index contributed by atoms with van der Waals surface area (Å²) >= 11 is 6.38. The highest BCUT2D eigenvalue weighted by Crippen LogP contribution is 2.23. The van der Waals surface area contributed by atoms with Gasteiger partial charge >= 0.3 is 0 Å². The van der Waals surface area contributed by atoms with Crippen molar-refractivity contribution < 1.29 is 13.5 Å². The molecule has 0 spiro atoms. The lowest BCUT2D eigenvalue weighted by atomic mass is 10.2. The van der Waals surface area contributed by atoms with E-state index in [0.29, 0.717) is 5.75 Å². The normalized spacial score (nSPS) is 10.9. The molecule has 2 aromatic heterocycles. The third-order valence-electron chi connectivity index (χ3n) is 3.78. The quantitative estimate of drug-likeness (QED) is 0.503. The minimum absolute atomic E-state index is 0.0292. The topological polar surface area (TPSA) is 68.6 Å². The number of hydrogen-bond acceptors (Lipinski definition) is 6. The minimum Gasteiger partial charge on any atom is -0.486 e. The zero-order chi connectivity index (χ0) is 18.8. The zero-order valence-corrected chi connectivity index (χ0v) is 15.2. The molecule has 0 saturated carbocycles. The Labute approximate surface area is 161 Å². The van der Waals surface area contributed by atoms with Crippen LogP contribution in [0.4, 0.5) is 8.78 Å². The van der Waals surface area contributed by atoms with E-state index in [-0.39, 0.29) is 22.9 Å². The van der Waals surface area contributed by atoms with Crippen molar-refractivity contribution in [3.05, 3.63) is 70.1 Å². The van der Waals surface area contributed by atoms with Crippen LogP contribution in [0.15, 0.2) is 47.8 Å². The summed E-state index contributed by atoms with van der Waals surface area (Å²) < 4.78 is 39.0. The number of H-pyrrole nitrogens is 1. The third-order valence-corrected chi connectivity index (χ3v) is 4.56. The van der Waals surface area contributed by atoms with Crippen LogP contribution >= 0.6 is 23.8 Å². The Morgan fingerprint density at radius 2 is 1.85 bits per heavy atom. The summed E-state index contributed by atoms with van der Waals surface area (Å²) in [6, 6.07) is 10.8. The molecule has 4 rings (SSSR count). The molecule has 6 nitrogen and oxygen atoms in total. The van der Waals surface area contributed by atoms with Crippen molar-refractivity contribution in [3.8, 4) is 22.7 Å². The molecular weight excluding hydrogens is 392 g/mol. The summed E-state index contributed by atoms with van der Waals surface area (Å²) in [4.78, 5) is 0. The molecule has 2 aromatic carbocycles. The van der Waals surface area contributed by atoms with Gasteiger partial charge in [-0.2, -0.15) is 5.10 Å². The Morgan fingerprint density at radius 3 is 2.52 bits per heavy atom. The Morgan fingerprint density at radius 1 is 1.11 bits per heavy atom. The van der Waals surface area contributed by atoms with Gasteiger partial charge in [-0.15, -0.1) is 5.10 Å². The highest BCUT2D eigenvalue weighted by molar-refractivity contribution is 7.71. The predicted molar refractivity (Wildman–Crippen MR) is 98.3 cm³/mol. The molecule has 0 aliphatic rings. The van der Waals surface area contributed by atoms with Gasteiger partial charge < -0.3 is 4.74 Å². The lowest BCUT2D eigenvalue weighted by molar-refractivity contribution is 0.292. The van der Waals surface area contributed by atoms with Crippen LogP contribution in [-0.4, -0.2) is 24.4 Å². The summed E-state index contributed by atoms with van der Waals surface area (Å²) in [6.07, 6.45) is 0. The van der Waals surface area contributed by atoms with Crippen LogP contribution in [0.25, 0.3) is 16.9 Å². The molecule has 0 aliphatic carbocycles. The molecular formula is C17H11F2N5OS2. The lowest BCUT2D eigenvalue weighted by Gasteiger charge is -2.10. The molecule has 0 saturated heterocycles. The summed E-state index contributed by atoms with van der Waals surface area (Å²) in [6.45, 7) is -0.0292. The van der Waals surface area contributed by atoms with E-state index < -0.39 is 11.6 Å². The van der Waals surface area contributed by atoms with E-state index in [4.69, 9.17) is 17.0 Å². The molecule has 4 aromatic rings. The Kier molecular flexibility index (Phi) is 4.73. The van der Waals surface area contributed by atoms with Crippen molar-refractivity contribution in [1.82, 2.24) is 24.4 Å². The van der Waals surface area contributed by atoms with E-state index in [2.05, 4.69) is 19.8 Å². The predicted octanol–water partition coefficient (Wildman–Crippen LogP) is 4.31. The Balaban J connectivity index is 1.57. The molecule has 2 heterocycles. The number of rotatable bonds is 5. The minimum atomic E-state index is -0.741. The monoisotopic (exact) mass is 403 g/mol. The molecule has 136 valence electrons. The van der Waals surface area contributed by atoms with Gasteiger partial charge in [0.15, 0.2) is 10.6 Å². The molecule has 27 heavy (non-hydrogen) atoms. The van der Waals surface area contributed by atoms with E-state index in [9.17, 15) is 8.78 Å². The van der Waals surface area contributed by atoms with Crippen molar-refractivity contribution in [3.63, 3.8) is 0 Å². The summed E-state index contributed by atoms with van der Waals surface area (Å²) in [5.74, 6) is -0.668. The van der Waals surface area contributed by atoms with Gasteiger partial charge in [-0.3, -0.25) is 9.67 Å². The van der Waals surface area contributed by atoms with Crippen LogP contribution in [-0.2, 0) is 6.61 Å². The van der Waals surface area contributed by atoms with Crippen molar-refractivity contribution in [2.45, 2.75) is 6.61 Å². The van der Waals surface area contributed by atoms with E-state index in [0.717, 1.165) is 23.4 Å². The van der Waals surface area contributed by atoms with Crippen LogP contribution in [0.1, 0.15) is 5.82 Å². The maximum absolute atomic E-state index is 14.1. The number of benzene rings is 2. The molecule has 0 aliphatic heterocycles. The number of aromatic nitrogens is 5. The van der Waals surface area contributed by atoms with Gasteiger partial charge in [-0.1, -0.05) is 10.6 Å². The van der Waals surface area contributed by atoms with Gasteiger partial charge in [0.1, 0.15) is 35.4 Å². The second-order valence-corrected chi connectivity index (χ2v) is 6.45. The molecule has 10 heteroatoms. The van der Waals surface area contributed by atoms with E-state index in [1.807, 2.05) is 17.5 Å². The third kappa shape index (κ3) is 3.49. The summed E-state index contributed by atoms with van der Waals surface area (Å²) in [5.41, 5.74) is 1.40. The van der Waals surface area contributed by atoms with Crippen LogP contribution in [0.3, 0.4) is 0 Å². The maximum Gasteiger partial charge on any atom is 0.200 e. The molecule has 0 atom stereocenters. The Bertz CT molecular complexity index is 1100. The number of hydrogen-bond donors (Lipinski definition) is 1. The van der Waals surface area contributed by atoms with Gasteiger partial charge in [0, 0.05) is 10.9 Å². The zero-order valence-electron chi connectivity index (χ0n) is 13.6. The number of nitrogens with zero attached hydrogens (tertiary/aromatic N) is 4.